The van der Waals surface area contributed by atoms with Gasteiger partial charge in [-0.15, -0.1) is 0 Å². The van der Waals surface area contributed by atoms with Gasteiger partial charge in [0.05, 0.1) is 28.9 Å². The molecule has 7 nitrogen and oxygen atoms in total. The number of imide groups is 1. The zero-order valence-electron chi connectivity index (χ0n) is 15.0. The lowest BCUT2D eigenvalue weighted by molar-refractivity contribution is -0.122. The lowest BCUT2D eigenvalue weighted by atomic mass is 10.1. The molecule has 1 atom stereocenters. The van der Waals surface area contributed by atoms with E-state index in [2.05, 4.69) is 10.6 Å². The molecule has 9 heteroatoms. The standard InChI is InChI=1S/C18H18ClFN4O3/c1-9(2)11-6-16(25)24(18(11)27)15-8-14(12(19)7-13(15)20)23-10(3)17(26)22-5-4-21/h7-8,10,23H,5-6H2,1-3H3,(H,22,26). The first-order valence-electron chi connectivity index (χ1n) is 8.11. The third-order valence-corrected chi connectivity index (χ3v) is 4.34. The zero-order valence-corrected chi connectivity index (χ0v) is 15.8. The Labute approximate surface area is 160 Å². The number of amides is 3. The second kappa shape index (κ2) is 8.18. The molecule has 1 aliphatic heterocycles. The van der Waals surface area contributed by atoms with E-state index in [0.717, 1.165) is 11.0 Å². The Morgan fingerprint density at radius 2 is 2.07 bits per heavy atom. The van der Waals surface area contributed by atoms with E-state index < -0.39 is 29.6 Å². The second-order valence-electron chi connectivity index (χ2n) is 6.22. The van der Waals surface area contributed by atoms with Crippen LogP contribution in [0.3, 0.4) is 0 Å². The summed E-state index contributed by atoms with van der Waals surface area (Å²) in [4.78, 5) is 37.4. The number of carbonyl (C=O) groups excluding carboxylic acids is 3. The summed E-state index contributed by atoms with van der Waals surface area (Å²) in [7, 11) is 0. The van der Waals surface area contributed by atoms with E-state index in [9.17, 15) is 18.8 Å². The largest absolute Gasteiger partial charge is 0.373 e. The van der Waals surface area contributed by atoms with Gasteiger partial charge in [0, 0.05) is 5.57 Å². The van der Waals surface area contributed by atoms with Crippen molar-refractivity contribution in [3.05, 3.63) is 34.1 Å². The number of nitrogens with zero attached hydrogens (tertiary/aromatic N) is 2. The van der Waals surface area contributed by atoms with E-state index in [1.165, 1.54) is 13.0 Å². The number of allylic oxidation sites excluding steroid dienone is 1. The predicted molar refractivity (Wildman–Crippen MR) is 98.6 cm³/mol. The van der Waals surface area contributed by atoms with Crippen LogP contribution in [0, 0.1) is 17.1 Å². The highest BCUT2D eigenvalue weighted by Gasteiger charge is 2.37. The Morgan fingerprint density at radius 3 is 2.63 bits per heavy atom. The van der Waals surface area contributed by atoms with Crippen molar-refractivity contribution in [3.8, 4) is 6.07 Å². The number of carbonyl (C=O) groups is 3. The van der Waals surface area contributed by atoms with Crippen LogP contribution in [0.2, 0.25) is 5.02 Å². The van der Waals surface area contributed by atoms with E-state index in [-0.39, 0.29) is 29.4 Å². The highest BCUT2D eigenvalue weighted by atomic mass is 35.5. The molecule has 1 fully saturated rings. The minimum Gasteiger partial charge on any atom is -0.373 e. The highest BCUT2D eigenvalue weighted by molar-refractivity contribution is 6.34. The van der Waals surface area contributed by atoms with Crippen LogP contribution < -0.4 is 15.5 Å². The second-order valence-corrected chi connectivity index (χ2v) is 6.62. The van der Waals surface area contributed by atoms with Crippen molar-refractivity contribution >= 4 is 40.7 Å². The molecule has 2 N–H and O–H groups in total. The van der Waals surface area contributed by atoms with Gasteiger partial charge in [0.25, 0.3) is 5.91 Å². The van der Waals surface area contributed by atoms with Gasteiger partial charge in [0.15, 0.2) is 0 Å². The maximum absolute atomic E-state index is 14.4. The van der Waals surface area contributed by atoms with Crippen molar-refractivity contribution in [3.63, 3.8) is 0 Å². The lowest BCUT2D eigenvalue weighted by Crippen LogP contribution is -2.37. The van der Waals surface area contributed by atoms with Crippen molar-refractivity contribution in [2.75, 3.05) is 16.8 Å². The Hall–Kier alpha value is -2.92. The normalized spacial score (nSPS) is 14.8. The van der Waals surface area contributed by atoms with Gasteiger partial charge in [0.1, 0.15) is 18.4 Å². The van der Waals surface area contributed by atoms with E-state index in [1.807, 2.05) is 0 Å². The third kappa shape index (κ3) is 4.26. The minimum absolute atomic E-state index is 0.0160. The van der Waals surface area contributed by atoms with Crippen LogP contribution in [0.15, 0.2) is 23.3 Å². The number of hydrogen-bond acceptors (Lipinski definition) is 5. The summed E-state index contributed by atoms with van der Waals surface area (Å²) < 4.78 is 14.4. The molecule has 2 rings (SSSR count). The summed E-state index contributed by atoms with van der Waals surface area (Å²) in [6.45, 7) is 4.78. The molecule has 0 aliphatic carbocycles. The summed E-state index contributed by atoms with van der Waals surface area (Å²) in [5, 5.41) is 13.7. The molecule has 3 amide bonds. The molecular weight excluding hydrogens is 375 g/mol. The fourth-order valence-corrected chi connectivity index (χ4v) is 2.79. The van der Waals surface area contributed by atoms with Crippen molar-refractivity contribution in [1.82, 2.24) is 5.32 Å². The van der Waals surface area contributed by atoms with E-state index in [4.69, 9.17) is 16.9 Å². The van der Waals surface area contributed by atoms with Crippen molar-refractivity contribution in [1.29, 1.82) is 5.26 Å². The SMILES string of the molecule is CC(C)=C1CC(=O)N(c2cc(NC(C)C(=O)NCC#N)c(Cl)cc2F)C1=O. The van der Waals surface area contributed by atoms with Crippen LogP contribution in [-0.2, 0) is 14.4 Å². The average Bonchev–Trinajstić information content (AvgIpc) is 2.90. The van der Waals surface area contributed by atoms with Gasteiger partial charge in [-0.05, 0) is 32.9 Å². The molecular formula is C18H18ClFN4O3. The van der Waals surface area contributed by atoms with Gasteiger partial charge in [-0.1, -0.05) is 17.2 Å². The van der Waals surface area contributed by atoms with Crippen molar-refractivity contribution in [2.45, 2.75) is 33.2 Å². The van der Waals surface area contributed by atoms with E-state index >= 15 is 0 Å². The summed E-state index contributed by atoms with van der Waals surface area (Å²) in [6.07, 6.45) is -0.0983. The van der Waals surface area contributed by atoms with Gasteiger partial charge >= 0.3 is 0 Å². The maximum atomic E-state index is 14.4. The van der Waals surface area contributed by atoms with Gasteiger partial charge in [-0.3, -0.25) is 14.4 Å². The molecule has 1 aromatic carbocycles. The Morgan fingerprint density at radius 1 is 1.41 bits per heavy atom. The fourth-order valence-electron chi connectivity index (χ4n) is 2.59. The number of nitrogens with one attached hydrogen (secondary N) is 2. The summed E-state index contributed by atoms with van der Waals surface area (Å²) in [6, 6.07) is 3.19. The number of rotatable bonds is 5. The summed E-state index contributed by atoms with van der Waals surface area (Å²) in [5.41, 5.74) is 0.955. The first-order valence-corrected chi connectivity index (χ1v) is 8.49. The van der Waals surface area contributed by atoms with Crippen LogP contribution in [0.4, 0.5) is 15.8 Å². The highest BCUT2D eigenvalue weighted by Crippen LogP contribution is 2.35. The molecule has 27 heavy (non-hydrogen) atoms. The Balaban J connectivity index is 2.35. The Bertz CT molecular complexity index is 887. The first-order chi connectivity index (χ1) is 12.7. The molecule has 1 aliphatic rings. The number of nitriles is 1. The van der Waals surface area contributed by atoms with Gasteiger partial charge in [-0.2, -0.15) is 5.26 Å². The quantitative estimate of drug-likeness (QED) is 0.455. The topological polar surface area (TPSA) is 102 Å². The van der Waals surface area contributed by atoms with Gasteiger partial charge in [-0.25, -0.2) is 9.29 Å². The zero-order chi connectivity index (χ0) is 20.3. The number of benzene rings is 1. The third-order valence-electron chi connectivity index (χ3n) is 4.03. The van der Waals surface area contributed by atoms with Gasteiger partial charge in [0.2, 0.25) is 11.8 Å². The monoisotopic (exact) mass is 392 g/mol. The maximum Gasteiger partial charge on any atom is 0.261 e. The van der Waals surface area contributed by atoms with Crippen LogP contribution in [0.1, 0.15) is 27.2 Å². The smallest absolute Gasteiger partial charge is 0.261 e. The molecule has 1 aromatic rings. The predicted octanol–water partition coefficient (Wildman–Crippen LogP) is 2.52. The first kappa shape index (κ1) is 20.4. The number of anilines is 2. The van der Waals surface area contributed by atoms with E-state index in [0.29, 0.717) is 11.1 Å². The molecule has 1 saturated heterocycles. The molecule has 0 spiro atoms. The summed E-state index contributed by atoms with van der Waals surface area (Å²) in [5.74, 6) is -2.40. The van der Waals surface area contributed by atoms with E-state index in [1.54, 1.807) is 19.9 Å². The lowest BCUT2D eigenvalue weighted by Gasteiger charge is -2.20. The number of halogens is 2. The Kier molecular flexibility index (Phi) is 6.18. The molecule has 1 unspecified atom stereocenters. The van der Waals surface area contributed by atoms with Crippen LogP contribution >= 0.6 is 11.6 Å². The summed E-state index contributed by atoms with van der Waals surface area (Å²) >= 11 is 6.03. The fraction of sp³-hybridized carbons (Fsp3) is 0.333. The average molecular weight is 393 g/mol. The molecule has 0 saturated carbocycles. The minimum atomic E-state index is -0.830. The van der Waals surface area contributed by atoms with Crippen LogP contribution in [-0.4, -0.2) is 30.3 Å². The van der Waals surface area contributed by atoms with Crippen LogP contribution in [0.5, 0.6) is 0 Å². The molecule has 0 radical (unpaired) electrons. The van der Waals surface area contributed by atoms with Crippen molar-refractivity contribution in [2.24, 2.45) is 0 Å². The molecule has 0 aromatic heterocycles. The number of hydrogen-bond donors (Lipinski definition) is 2. The molecule has 1 heterocycles. The van der Waals surface area contributed by atoms with Crippen LogP contribution in [0.25, 0.3) is 0 Å². The molecule has 142 valence electrons. The molecule has 0 bridgehead atoms. The van der Waals surface area contributed by atoms with Gasteiger partial charge < -0.3 is 10.6 Å². The van der Waals surface area contributed by atoms with Crippen molar-refractivity contribution < 1.29 is 18.8 Å².